The van der Waals surface area contributed by atoms with Gasteiger partial charge in [0.05, 0.1) is 5.69 Å². The largest absolute Gasteiger partial charge is 0.385 e. The van der Waals surface area contributed by atoms with E-state index in [-0.39, 0.29) is 11.6 Å². The van der Waals surface area contributed by atoms with Crippen molar-refractivity contribution in [1.29, 1.82) is 0 Å². The zero-order valence-corrected chi connectivity index (χ0v) is 11.6. The molecular formula is C15H24N2O. The van der Waals surface area contributed by atoms with Crippen LogP contribution in [0.25, 0.3) is 0 Å². The normalized spacial score (nSPS) is 23.9. The number of likely N-dealkylation sites (tertiary alicyclic amines) is 1. The molecule has 3 nitrogen and oxygen atoms in total. The van der Waals surface area contributed by atoms with Gasteiger partial charge in [-0.3, -0.25) is 9.88 Å². The van der Waals surface area contributed by atoms with Crippen LogP contribution < -0.4 is 0 Å². The number of hydrogen-bond acceptors (Lipinski definition) is 3. The summed E-state index contributed by atoms with van der Waals surface area (Å²) in [5.41, 5.74) is 0.888. The second-order valence-corrected chi connectivity index (χ2v) is 6.13. The second kappa shape index (κ2) is 5.37. The quantitative estimate of drug-likeness (QED) is 0.874. The number of hydrogen-bond donors (Lipinski definition) is 1. The Morgan fingerprint density at radius 3 is 2.72 bits per heavy atom. The van der Waals surface area contributed by atoms with Crippen LogP contribution in [0.1, 0.15) is 51.8 Å². The fraction of sp³-hybridized carbons (Fsp3) is 0.667. The van der Waals surface area contributed by atoms with E-state index >= 15 is 0 Å². The Morgan fingerprint density at radius 1 is 1.33 bits per heavy atom. The first kappa shape index (κ1) is 13.5. The molecule has 1 aromatic rings. The standard InChI is InChI=1S/C15H24N2O/c1-15(2,3)17-11-7-5-9-13(17)14(18)12-8-4-6-10-16-12/h4,6,8,10,13-14,18H,5,7,9,11H2,1-3H3. The third-order valence-corrected chi connectivity index (χ3v) is 3.77. The molecule has 0 saturated carbocycles. The van der Waals surface area contributed by atoms with E-state index in [9.17, 15) is 5.11 Å². The zero-order valence-electron chi connectivity index (χ0n) is 11.6. The summed E-state index contributed by atoms with van der Waals surface area (Å²) in [6, 6.07) is 5.93. The highest BCUT2D eigenvalue weighted by molar-refractivity contribution is 5.10. The van der Waals surface area contributed by atoms with Crippen LogP contribution in [0.15, 0.2) is 24.4 Å². The predicted molar refractivity (Wildman–Crippen MR) is 73.3 cm³/mol. The Balaban J connectivity index is 2.19. The summed E-state index contributed by atoms with van der Waals surface area (Å²) in [4.78, 5) is 6.72. The molecule has 1 aliphatic heterocycles. The van der Waals surface area contributed by atoms with Crippen molar-refractivity contribution in [3.8, 4) is 0 Å². The van der Waals surface area contributed by atoms with Crippen LogP contribution in [0, 0.1) is 0 Å². The van der Waals surface area contributed by atoms with E-state index in [0.717, 1.165) is 18.7 Å². The van der Waals surface area contributed by atoms with E-state index < -0.39 is 6.10 Å². The van der Waals surface area contributed by atoms with Crippen LogP contribution >= 0.6 is 0 Å². The minimum atomic E-state index is -0.481. The lowest BCUT2D eigenvalue weighted by atomic mass is 9.90. The maximum atomic E-state index is 10.6. The first-order chi connectivity index (χ1) is 8.50. The average Bonchev–Trinajstić information content (AvgIpc) is 2.38. The smallest absolute Gasteiger partial charge is 0.111 e. The Morgan fingerprint density at radius 2 is 2.11 bits per heavy atom. The zero-order chi connectivity index (χ0) is 13.2. The van der Waals surface area contributed by atoms with Gasteiger partial charge in [0.1, 0.15) is 6.10 Å². The third kappa shape index (κ3) is 2.90. The Kier molecular flexibility index (Phi) is 4.03. The first-order valence-electron chi connectivity index (χ1n) is 6.86. The lowest BCUT2D eigenvalue weighted by Gasteiger charge is -2.46. The van der Waals surface area contributed by atoms with Gasteiger partial charge >= 0.3 is 0 Å². The molecule has 3 heteroatoms. The van der Waals surface area contributed by atoms with Crippen molar-refractivity contribution in [3.63, 3.8) is 0 Å². The van der Waals surface area contributed by atoms with Crippen LogP contribution in [-0.2, 0) is 0 Å². The van der Waals surface area contributed by atoms with E-state index in [4.69, 9.17) is 0 Å². The van der Waals surface area contributed by atoms with Gasteiger partial charge in [0.25, 0.3) is 0 Å². The molecule has 0 bridgehead atoms. The fourth-order valence-corrected chi connectivity index (χ4v) is 2.87. The molecule has 0 spiro atoms. The number of piperidine rings is 1. The molecule has 2 atom stereocenters. The van der Waals surface area contributed by atoms with E-state index in [2.05, 4.69) is 30.7 Å². The van der Waals surface area contributed by atoms with Gasteiger partial charge in [0.2, 0.25) is 0 Å². The molecule has 1 N–H and O–H groups in total. The van der Waals surface area contributed by atoms with Gasteiger partial charge in [-0.2, -0.15) is 0 Å². The Bertz CT molecular complexity index is 372. The number of rotatable bonds is 2. The fourth-order valence-electron chi connectivity index (χ4n) is 2.87. The van der Waals surface area contributed by atoms with Crippen molar-refractivity contribution in [1.82, 2.24) is 9.88 Å². The molecule has 2 unspecified atom stereocenters. The number of aliphatic hydroxyl groups excluding tert-OH is 1. The summed E-state index contributed by atoms with van der Waals surface area (Å²) in [7, 11) is 0. The molecule has 1 saturated heterocycles. The van der Waals surface area contributed by atoms with Gasteiger partial charge in [0, 0.05) is 17.8 Å². The molecule has 0 aliphatic carbocycles. The maximum Gasteiger partial charge on any atom is 0.111 e. The van der Waals surface area contributed by atoms with Crippen molar-refractivity contribution >= 4 is 0 Å². The van der Waals surface area contributed by atoms with Crippen molar-refractivity contribution in [2.45, 2.75) is 57.7 Å². The van der Waals surface area contributed by atoms with Gasteiger partial charge in [-0.1, -0.05) is 12.5 Å². The molecule has 1 fully saturated rings. The molecular weight excluding hydrogens is 224 g/mol. The van der Waals surface area contributed by atoms with Crippen molar-refractivity contribution in [2.75, 3.05) is 6.54 Å². The van der Waals surface area contributed by atoms with Crippen molar-refractivity contribution in [3.05, 3.63) is 30.1 Å². The number of aromatic nitrogens is 1. The van der Waals surface area contributed by atoms with Crippen LogP contribution in [0.3, 0.4) is 0 Å². The van der Waals surface area contributed by atoms with E-state index in [1.165, 1.54) is 12.8 Å². The maximum absolute atomic E-state index is 10.6. The van der Waals surface area contributed by atoms with E-state index in [1.807, 2.05) is 18.2 Å². The van der Waals surface area contributed by atoms with Gasteiger partial charge in [-0.15, -0.1) is 0 Å². The van der Waals surface area contributed by atoms with Crippen molar-refractivity contribution < 1.29 is 5.11 Å². The van der Waals surface area contributed by atoms with Gasteiger partial charge in [-0.25, -0.2) is 0 Å². The predicted octanol–water partition coefficient (Wildman–Crippen LogP) is 2.77. The van der Waals surface area contributed by atoms with Crippen LogP contribution in [-0.4, -0.2) is 33.1 Å². The molecule has 0 amide bonds. The summed E-state index contributed by atoms with van der Waals surface area (Å²) in [5, 5.41) is 10.6. The summed E-state index contributed by atoms with van der Waals surface area (Å²) in [6.07, 6.45) is 4.74. The Labute approximate surface area is 110 Å². The lowest BCUT2D eigenvalue weighted by Crippen LogP contribution is -2.53. The molecule has 2 heterocycles. The summed E-state index contributed by atoms with van der Waals surface area (Å²) in [6.45, 7) is 7.72. The molecule has 18 heavy (non-hydrogen) atoms. The van der Waals surface area contributed by atoms with Gasteiger partial charge in [0.15, 0.2) is 0 Å². The third-order valence-electron chi connectivity index (χ3n) is 3.77. The number of pyridine rings is 1. The molecule has 100 valence electrons. The highest BCUT2D eigenvalue weighted by Crippen LogP contribution is 2.32. The van der Waals surface area contributed by atoms with Crippen LogP contribution in [0.4, 0.5) is 0 Å². The minimum Gasteiger partial charge on any atom is -0.385 e. The number of nitrogens with zero attached hydrogens (tertiary/aromatic N) is 2. The molecule has 1 aliphatic rings. The second-order valence-electron chi connectivity index (χ2n) is 6.13. The summed E-state index contributed by atoms with van der Waals surface area (Å²) in [5.74, 6) is 0. The van der Waals surface area contributed by atoms with Gasteiger partial charge in [-0.05, 0) is 52.3 Å². The van der Waals surface area contributed by atoms with E-state index in [0.29, 0.717) is 0 Å². The van der Waals surface area contributed by atoms with Crippen LogP contribution in [0.5, 0.6) is 0 Å². The van der Waals surface area contributed by atoms with Crippen LogP contribution in [0.2, 0.25) is 0 Å². The van der Waals surface area contributed by atoms with Crippen molar-refractivity contribution in [2.24, 2.45) is 0 Å². The highest BCUT2D eigenvalue weighted by Gasteiger charge is 2.36. The molecule has 0 radical (unpaired) electrons. The summed E-state index contributed by atoms with van der Waals surface area (Å²) >= 11 is 0. The SMILES string of the molecule is CC(C)(C)N1CCCCC1C(O)c1ccccn1. The summed E-state index contributed by atoms with van der Waals surface area (Å²) < 4.78 is 0. The Hall–Kier alpha value is -0.930. The monoisotopic (exact) mass is 248 g/mol. The first-order valence-corrected chi connectivity index (χ1v) is 6.86. The highest BCUT2D eigenvalue weighted by atomic mass is 16.3. The minimum absolute atomic E-state index is 0.0981. The van der Waals surface area contributed by atoms with E-state index in [1.54, 1.807) is 6.20 Å². The number of aliphatic hydroxyl groups is 1. The molecule has 0 aromatic carbocycles. The topological polar surface area (TPSA) is 36.4 Å². The molecule has 1 aromatic heterocycles. The molecule has 2 rings (SSSR count). The average molecular weight is 248 g/mol. The lowest BCUT2D eigenvalue weighted by molar-refractivity contribution is -0.0258. The van der Waals surface area contributed by atoms with Gasteiger partial charge < -0.3 is 5.11 Å².